The Kier molecular flexibility index (Phi) is 2.58. The van der Waals surface area contributed by atoms with E-state index in [2.05, 4.69) is 59.5 Å². The van der Waals surface area contributed by atoms with E-state index in [-0.39, 0.29) is 0 Å². The number of rotatable bonds is 1. The molecule has 0 radical (unpaired) electrons. The third-order valence-corrected chi connectivity index (χ3v) is 4.80. The molecule has 19 heavy (non-hydrogen) atoms. The zero-order chi connectivity index (χ0) is 12.7. The third kappa shape index (κ3) is 1.76. The van der Waals surface area contributed by atoms with Gasteiger partial charge in [-0.1, -0.05) is 42.5 Å². The molecule has 1 heterocycles. The lowest BCUT2D eigenvalue weighted by atomic mass is 9.79. The SMILES string of the molecule is c1ccc(N2CCC3c4ccccc4CC[C@@H]32)cc1. The van der Waals surface area contributed by atoms with Crippen molar-refractivity contribution in [2.75, 3.05) is 11.4 Å². The van der Waals surface area contributed by atoms with Crippen molar-refractivity contribution in [3.05, 3.63) is 65.7 Å². The highest BCUT2D eigenvalue weighted by Crippen LogP contribution is 2.43. The summed E-state index contributed by atoms with van der Waals surface area (Å²) in [4.78, 5) is 2.63. The minimum absolute atomic E-state index is 0.706. The lowest BCUT2D eigenvalue weighted by Gasteiger charge is -2.34. The number of fused-ring (bicyclic) bond motifs is 3. The Balaban J connectivity index is 1.69. The molecule has 1 nitrogen and oxygen atoms in total. The van der Waals surface area contributed by atoms with Crippen molar-refractivity contribution in [1.29, 1.82) is 0 Å². The Hall–Kier alpha value is -1.76. The number of para-hydroxylation sites is 1. The summed E-state index contributed by atoms with van der Waals surface area (Å²) in [5, 5.41) is 0. The van der Waals surface area contributed by atoms with Gasteiger partial charge in [-0.2, -0.15) is 0 Å². The quantitative estimate of drug-likeness (QED) is 0.738. The molecule has 1 aliphatic heterocycles. The number of anilines is 1. The van der Waals surface area contributed by atoms with E-state index in [0.29, 0.717) is 6.04 Å². The Bertz CT molecular complexity index is 575. The van der Waals surface area contributed by atoms with E-state index in [1.807, 2.05) is 0 Å². The minimum Gasteiger partial charge on any atom is -0.368 e. The average Bonchev–Trinajstić information content (AvgIpc) is 2.92. The first-order valence-electron chi connectivity index (χ1n) is 7.33. The van der Waals surface area contributed by atoms with Crippen LogP contribution in [0.25, 0.3) is 0 Å². The van der Waals surface area contributed by atoms with Gasteiger partial charge >= 0.3 is 0 Å². The standard InChI is InChI=1S/C18H19N/c1-2-7-15(8-3-1)19-13-12-17-16-9-5-4-6-14(16)10-11-18(17)19/h1-9,17-18H,10-13H2/t17?,18-/m0/s1. The summed E-state index contributed by atoms with van der Waals surface area (Å²) >= 11 is 0. The molecule has 1 fully saturated rings. The number of hydrogen-bond acceptors (Lipinski definition) is 1. The van der Waals surface area contributed by atoms with Crippen LogP contribution in [0.3, 0.4) is 0 Å². The van der Waals surface area contributed by atoms with E-state index in [1.54, 1.807) is 11.1 Å². The molecule has 4 rings (SSSR count). The monoisotopic (exact) mass is 249 g/mol. The van der Waals surface area contributed by atoms with Gasteiger partial charge in [0.05, 0.1) is 0 Å². The van der Waals surface area contributed by atoms with Crippen LogP contribution in [-0.4, -0.2) is 12.6 Å². The molecule has 2 aromatic carbocycles. The summed E-state index contributed by atoms with van der Waals surface area (Å²) in [5.41, 5.74) is 4.59. The zero-order valence-corrected chi connectivity index (χ0v) is 11.1. The van der Waals surface area contributed by atoms with Gasteiger partial charge in [-0.3, -0.25) is 0 Å². The van der Waals surface area contributed by atoms with Gasteiger partial charge in [-0.15, -0.1) is 0 Å². The summed E-state index contributed by atoms with van der Waals surface area (Å²) in [6.07, 6.45) is 3.84. The molecule has 0 amide bonds. The molecule has 0 N–H and O–H groups in total. The first-order valence-corrected chi connectivity index (χ1v) is 7.33. The lowest BCUT2D eigenvalue weighted by molar-refractivity contribution is 0.515. The van der Waals surface area contributed by atoms with Crippen LogP contribution < -0.4 is 4.90 Å². The number of hydrogen-bond donors (Lipinski definition) is 0. The molecular formula is C18H19N. The van der Waals surface area contributed by atoms with E-state index in [0.717, 1.165) is 5.92 Å². The van der Waals surface area contributed by atoms with Crippen LogP contribution in [0.15, 0.2) is 54.6 Å². The van der Waals surface area contributed by atoms with Crippen LogP contribution >= 0.6 is 0 Å². The van der Waals surface area contributed by atoms with Crippen LogP contribution in [0.5, 0.6) is 0 Å². The van der Waals surface area contributed by atoms with Crippen LogP contribution in [0.1, 0.15) is 29.9 Å². The van der Waals surface area contributed by atoms with Gasteiger partial charge < -0.3 is 4.90 Å². The van der Waals surface area contributed by atoms with Gasteiger partial charge in [0.2, 0.25) is 0 Å². The van der Waals surface area contributed by atoms with Crippen LogP contribution in [0.2, 0.25) is 0 Å². The Labute approximate surface area is 114 Å². The van der Waals surface area contributed by atoms with Crippen molar-refractivity contribution in [3.63, 3.8) is 0 Å². The summed E-state index contributed by atoms with van der Waals surface area (Å²) in [6, 6.07) is 20.7. The van der Waals surface area contributed by atoms with Crippen molar-refractivity contribution in [2.45, 2.75) is 31.2 Å². The number of aryl methyl sites for hydroxylation is 1. The van der Waals surface area contributed by atoms with Gasteiger partial charge in [0.25, 0.3) is 0 Å². The molecule has 0 spiro atoms. The topological polar surface area (TPSA) is 3.24 Å². The second-order valence-electron chi connectivity index (χ2n) is 5.73. The highest BCUT2D eigenvalue weighted by atomic mass is 15.2. The molecule has 1 unspecified atom stereocenters. The average molecular weight is 249 g/mol. The Morgan fingerprint density at radius 3 is 2.53 bits per heavy atom. The van der Waals surface area contributed by atoms with Crippen LogP contribution in [0.4, 0.5) is 5.69 Å². The molecule has 0 bridgehead atoms. The maximum atomic E-state index is 2.63. The van der Waals surface area contributed by atoms with Gasteiger partial charge in [0.1, 0.15) is 0 Å². The molecule has 2 atom stereocenters. The number of nitrogens with zero attached hydrogens (tertiary/aromatic N) is 1. The molecule has 1 saturated heterocycles. The highest BCUT2D eigenvalue weighted by molar-refractivity contribution is 5.51. The van der Waals surface area contributed by atoms with Crippen molar-refractivity contribution in [2.24, 2.45) is 0 Å². The molecule has 2 aromatic rings. The molecule has 1 heteroatoms. The fraction of sp³-hybridized carbons (Fsp3) is 0.333. The summed E-state index contributed by atoms with van der Waals surface area (Å²) in [5.74, 6) is 0.741. The first kappa shape index (κ1) is 11.1. The van der Waals surface area contributed by atoms with Gasteiger partial charge in [-0.05, 0) is 42.5 Å². The normalized spacial score (nSPS) is 24.9. The van der Waals surface area contributed by atoms with Crippen LogP contribution in [-0.2, 0) is 6.42 Å². The van der Waals surface area contributed by atoms with Crippen LogP contribution in [0, 0.1) is 0 Å². The Morgan fingerprint density at radius 2 is 1.63 bits per heavy atom. The molecule has 2 aliphatic rings. The van der Waals surface area contributed by atoms with E-state index in [1.165, 1.54) is 31.5 Å². The minimum atomic E-state index is 0.706. The van der Waals surface area contributed by atoms with Crippen molar-refractivity contribution in [1.82, 2.24) is 0 Å². The maximum Gasteiger partial charge on any atom is 0.0368 e. The van der Waals surface area contributed by atoms with Crippen molar-refractivity contribution < 1.29 is 0 Å². The summed E-state index contributed by atoms with van der Waals surface area (Å²) < 4.78 is 0. The zero-order valence-electron chi connectivity index (χ0n) is 11.1. The van der Waals surface area contributed by atoms with E-state index in [9.17, 15) is 0 Å². The number of benzene rings is 2. The molecule has 96 valence electrons. The van der Waals surface area contributed by atoms with Crippen molar-refractivity contribution in [3.8, 4) is 0 Å². The van der Waals surface area contributed by atoms with Gasteiger partial charge in [-0.25, -0.2) is 0 Å². The maximum absolute atomic E-state index is 2.63. The largest absolute Gasteiger partial charge is 0.368 e. The van der Waals surface area contributed by atoms with Gasteiger partial charge in [0, 0.05) is 24.2 Å². The van der Waals surface area contributed by atoms with E-state index < -0.39 is 0 Å². The third-order valence-electron chi connectivity index (χ3n) is 4.80. The predicted molar refractivity (Wildman–Crippen MR) is 79.7 cm³/mol. The molecule has 0 saturated carbocycles. The van der Waals surface area contributed by atoms with E-state index >= 15 is 0 Å². The fourth-order valence-electron chi connectivity index (χ4n) is 3.94. The Morgan fingerprint density at radius 1 is 0.842 bits per heavy atom. The molecule has 1 aliphatic carbocycles. The second-order valence-corrected chi connectivity index (χ2v) is 5.73. The second kappa shape index (κ2) is 4.41. The van der Waals surface area contributed by atoms with E-state index in [4.69, 9.17) is 0 Å². The highest BCUT2D eigenvalue weighted by Gasteiger charge is 2.38. The predicted octanol–water partition coefficient (Wildman–Crippen LogP) is 4.00. The summed E-state index contributed by atoms with van der Waals surface area (Å²) in [7, 11) is 0. The van der Waals surface area contributed by atoms with Crippen molar-refractivity contribution >= 4 is 5.69 Å². The van der Waals surface area contributed by atoms with Gasteiger partial charge in [0.15, 0.2) is 0 Å². The first-order chi connectivity index (χ1) is 9.43. The summed E-state index contributed by atoms with van der Waals surface area (Å²) in [6.45, 7) is 1.20. The molecule has 0 aromatic heterocycles. The lowest BCUT2D eigenvalue weighted by Crippen LogP contribution is -2.34. The fourth-order valence-corrected chi connectivity index (χ4v) is 3.94. The molecular weight excluding hydrogens is 230 g/mol. The smallest absolute Gasteiger partial charge is 0.0368 e.